The van der Waals surface area contributed by atoms with Crippen LogP contribution in [-0.4, -0.2) is 35.6 Å². The molecule has 36 heavy (non-hydrogen) atoms. The number of hydrogen-bond acceptors (Lipinski definition) is 4. The summed E-state index contributed by atoms with van der Waals surface area (Å²) in [6, 6.07) is 21.1. The van der Waals surface area contributed by atoms with E-state index in [9.17, 15) is 0 Å². The van der Waals surface area contributed by atoms with Gasteiger partial charge in [-0.25, -0.2) is 0 Å². The van der Waals surface area contributed by atoms with Crippen molar-refractivity contribution in [1.82, 2.24) is 9.80 Å². The summed E-state index contributed by atoms with van der Waals surface area (Å²) in [5, 5.41) is 1.80. The molecule has 4 nitrogen and oxygen atoms in total. The molecule has 0 bridgehead atoms. The molecule has 1 aliphatic rings. The van der Waals surface area contributed by atoms with Crippen molar-refractivity contribution < 1.29 is 9.47 Å². The van der Waals surface area contributed by atoms with E-state index in [0.29, 0.717) is 28.3 Å². The molecule has 3 aromatic rings. The van der Waals surface area contributed by atoms with Gasteiger partial charge in [-0.05, 0) is 59.5 Å². The maximum absolute atomic E-state index is 7.00. The van der Waals surface area contributed by atoms with E-state index in [1.165, 1.54) is 5.56 Å². The molecule has 0 fully saturated rings. The Balaban J connectivity index is 0.00000361. The Morgan fingerprint density at radius 3 is 2.25 bits per heavy atom. The third kappa shape index (κ3) is 7.61. The monoisotopic (exact) mass is 586 g/mol. The minimum Gasteiger partial charge on any atom is -0.497 e. The van der Waals surface area contributed by atoms with Crippen LogP contribution in [0.25, 0.3) is 0 Å². The van der Waals surface area contributed by atoms with Gasteiger partial charge < -0.3 is 19.3 Å². The van der Waals surface area contributed by atoms with Crippen LogP contribution in [-0.2, 0) is 17.8 Å². The standard InChI is InChI=1S/C27H26Cl4N2O2.ClH/c1-34-24-10-2-19(3-11-24)12-13-32-14-15-33(18-32)27(31)26(20-4-7-22(28)8-5-20)35-17-21-6-9-23(29)16-25(21)30;/h2-11,14-16,26-27H,12-13,17-18H2,1H3;1H. The topological polar surface area (TPSA) is 24.9 Å². The summed E-state index contributed by atoms with van der Waals surface area (Å²) in [5.74, 6) is 0.860. The SMILES string of the molecule is COc1ccc(CCN2C=CN(C(Cl)C(OCc3ccc(Cl)cc3Cl)c3ccc(Cl)cc3)C2)cc1.Cl. The molecular weight excluding hydrogens is 562 g/mol. The maximum atomic E-state index is 7.00. The number of rotatable bonds is 10. The number of nitrogens with zero attached hydrogens (tertiary/aromatic N) is 2. The second kappa shape index (κ2) is 13.7. The fourth-order valence-corrected chi connectivity index (χ4v) is 4.77. The van der Waals surface area contributed by atoms with Crippen LogP contribution in [0.2, 0.25) is 15.1 Å². The van der Waals surface area contributed by atoms with Crippen molar-refractivity contribution in [1.29, 1.82) is 0 Å². The molecule has 0 N–H and O–H groups in total. The van der Waals surface area contributed by atoms with Gasteiger partial charge in [0.15, 0.2) is 0 Å². The highest BCUT2D eigenvalue weighted by Gasteiger charge is 2.29. The minimum atomic E-state index is -0.440. The van der Waals surface area contributed by atoms with E-state index in [2.05, 4.69) is 28.1 Å². The molecule has 4 rings (SSSR count). The highest BCUT2D eigenvalue weighted by Crippen LogP contribution is 2.33. The molecule has 1 heterocycles. The van der Waals surface area contributed by atoms with E-state index in [-0.39, 0.29) is 12.4 Å². The number of methoxy groups -OCH3 is 1. The largest absolute Gasteiger partial charge is 0.497 e. The van der Waals surface area contributed by atoms with Crippen LogP contribution in [0.1, 0.15) is 22.8 Å². The van der Waals surface area contributed by atoms with Crippen molar-refractivity contribution in [3.05, 3.63) is 111 Å². The van der Waals surface area contributed by atoms with E-state index in [0.717, 1.165) is 29.8 Å². The molecule has 0 radical (unpaired) electrons. The van der Waals surface area contributed by atoms with Crippen LogP contribution >= 0.6 is 58.8 Å². The van der Waals surface area contributed by atoms with Crippen LogP contribution in [0.5, 0.6) is 5.75 Å². The summed E-state index contributed by atoms with van der Waals surface area (Å²) in [7, 11) is 1.67. The molecule has 2 atom stereocenters. The molecular formula is C27H27Cl5N2O2. The van der Waals surface area contributed by atoms with Crippen LogP contribution in [0.15, 0.2) is 79.1 Å². The van der Waals surface area contributed by atoms with Gasteiger partial charge in [-0.3, -0.25) is 0 Å². The average molecular weight is 589 g/mol. The molecule has 0 spiro atoms. The molecule has 0 aromatic heterocycles. The smallest absolute Gasteiger partial charge is 0.135 e. The number of halogens is 5. The molecule has 0 aliphatic carbocycles. The maximum Gasteiger partial charge on any atom is 0.135 e. The fraction of sp³-hybridized carbons (Fsp3) is 0.259. The second-order valence-electron chi connectivity index (χ2n) is 8.26. The third-order valence-electron chi connectivity index (χ3n) is 5.86. The summed E-state index contributed by atoms with van der Waals surface area (Å²) in [5.41, 5.74) is 2.59. The first kappa shape index (κ1) is 28.8. The number of benzene rings is 3. The van der Waals surface area contributed by atoms with E-state index in [1.54, 1.807) is 19.2 Å². The Labute approximate surface area is 238 Å². The first-order chi connectivity index (χ1) is 16.9. The highest BCUT2D eigenvalue weighted by molar-refractivity contribution is 6.35. The van der Waals surface area contributed by atoms with E-state index in [4.69, 9.17) is 55.9 Å². The molecule has 192 valence electrons. The second-order valence-corrected chi connectivity index (χ2v) is 9.98. The van der Waals surface area contributed by atoms with Crippen LogP contribution in [0.3, 0.4) is 0 Å². The summed E-state index contributed by atoms with van der Waals surface area (Å²) >= 11 is 25.5. The van der Waals surface area contributed by atoms with E-state index in [1.807, 2.05) is 48.7 Å². The Morgan fingerprint density at radius 2 is 1.58 bits per heavy atom. The van der Waals surface area contributed by atoms with Crippen molar-refractivity contribution >= 4 is 58.8 Å². The van der Waals surface area contributed by atoms with Gasteiger partial charge in [-0.1, -0.05) is 76.7 Å². The zero-order valence-electron chi connectivity index (χ0n) is 19.6. The van der Waals surface area contributed by atoms with Crippen molar-refractivity contribution in [2.24, 2.45) is 0 Å². The summed E-state index contributed by atoms with van der Waals surface area (Å²) in [6.45, 7) is 1.83. The molecule has 0 amide bonds. The lowest BCUT2D eigenvalue weighted by atomic mass is 10.1. The Bertz CT molecular complexity index is 1140. The average Bonchev–Trinajstić information content (AvgIpc) is 3.34. The summed E-state index contributed by atoms with van der Waals surface area (Å²) in [4.78, 5) is 4.30. The predicted octanol–water partition coefficient (Wildman–Crippen LogP) is 8.19. The van der Waals surface area contributed by atoms with Crippen molar-refractivity contribution in [3.8, 4) is 5.75 Å². The molecule has 0 saturated heterocycles. The van der Waals surface area contributed by atoms with Gasteiger partial charge in [0, 0.05) is 34.0 Å². The van der Waals surface area contributed by atoms with Gasteiger partial charge in [-0.2, -0.15) is 0 Å². The minimum absolute atomic E-state index is 0. The van der Waals surface area contributed by atoms with Gasteiger partial charge in [0.05, 0.1) is 20.4 Å². The number of hydrogen-bond donors (Lipinski definition) is 0. The number of alkyl halides is 1. The quantitative estimate of drug-likeness (QED) is 0.176. The fourth-order valence-electron chi connectivity index (χ4n) is 3.83. The van der Waals surface area contributed by atoms with Gasteiger partial charge in [0.25, 0.3) is 0 Å². The Kier molecular flexibility index (Phi) is 10.9. The third-order valence-corrected chi connectivity index (χ3v) is 7.18. The molecule has 3 aromatic carbocycles. The van der Waals surface area contributed by atoms with Gasteiger partial charge in [0.2, 0.25) is 0 Å². The van der Waals surface area contributed by atoms with Crippen molar-refractivity contribution in [3.63, 3.8) is 0 Å². The lowest BCUT2D eigenvalue weighted by molar-refractivity contribution is 0.00688. The van der Waals surface area contributed by atoms with Crippen LogP contribution in [0, 0.1) is 0 Å². The summed E-state index contributed by atoms with van der Waals surface area (Å²) in [6.07, 6.45) is 4.58. The van der Waals surface area contributed by atoms with Crippen molar-refractivity contribution in [2.75, 3.05) is 20.3 Å². The number of ether oxygens (including phenoxy) is 2. The normalized spacial score (nSPS) is 14.5. The zero-order chi connectivity index (χ0) is 24.8. The van der Waals surface area contributed by atoms with Gasteiger partial charge >= 0.3 is 0 Å². The summed E-state index contributed by atoms with van der Waals surface area (Å²) < 4.78 is 11.6. The molecule has 0 saturated carbocycles. The highest BCUT2D eigenvalue weighted by atomic mass is 35.5. The lowest BCUT2D eigenvalue weighted by Crippen LogP contribution is -2.36. The van der Waals surface area contributed by atoms with E-state index >= 15 is 0 Å². The van der Waals surface area contributed by atoms with Crippen LogP contribution < -0.4 is 4.74 Å². The Morgan fingerprint density at radius 1 is 0.889 bits per heavy atom. The van der Waals surface area contributed by atoms with E-state index < -0.39 is 11.6 Å². The van der Waals surface area contributed by atoms with Gasteiger partial charge in [-0.15, -0.1) is 12.4 Å². The molecule has 1 aliphatic heterocycles. The van der Waals surface area contributed by atoms with Crippen LogP contribution in [0.4, 0.5) is 0 Å². The molecule has 9 heteroatoms. The van der Waals surface area contributed by atoms with Gasteiger partial charge in [0.1, 0.15) is 17.4 Å². The van der Waals surface area contributed by atoms with Crippen molar-refractivity contribution in [2.45, 2.75) is 24.6 Å². The first-order valence-corrected chi connectivity index (χ1v) is 12.8. The zero-order valence-corrected chi connectivity index (χ0v) is 23.5. The Hall–Kier alpha value is -1.79. The molecule has 2 unspecified atom stereocenters. The first-order valence-electron chi connectivity index (χ1n) is 11.2. The predicted molar refractivity (Wildman–Crippen MR) is 152 cm³/mol. The lowest BCUT2D eigenvalue weighted by Gasteiger charge is -2.31.